The number of hydrogen-bond donors (Lipinski definition) is 1. The van der Waals surface area contributed by atoms with Gasteiger partial charge in [-0.3, -0.25) is 0 Å². The molecule has 0 aromatic rings. The highest BCUT2D eigenvalue weighted by Crippen LogP contribution is 2.33. The fourth-order valence-electron chi connectivity index (χ4n) is 1.83. The van der Waals surface area contributed by atoms with Crippen LogP contribution in [-0.4, -0.2) is 30.0 Å². The molecule has 1 unspecified atom stereocenters. The van der Waals surface area contributed by atoms with E-state index < -0.39 is 0 Å². The molecule has 1 saturated heterocycles. The molecule has 0 saturated carbocycles. The summed E-state index contributed by atoms with van der Waals surface area (Å²) < 4.78 is 0. The summed E-state index contributed by atoms with van der Waals surface area (Å²) in [6.07, 6.45) is 1.23. The summed E-state index contributed by atoms with van der Waals surface area (Å²) in [6, 6.07) is 0. The quantitative estimate of drug-likeness (QED) is 0.600. The molecule has 1 aliphatic heterocycles. The SMILES string of the molecule is CB(O)N1CCC(C(C)(C)C)C1. The van der Waals surface area contributed by atoms with Crippen molar-refractivity contribution in [2.24, 2.45) is 11.3 Å². The molecule has 1 fully saturated rings. The van der Waals surface area contributed by atoms with Crippen molar-refractivity contribution in [3.63, 3.8) is 0 Å². The lowest BCUT2D eigenvalue weighted by Crippen LogP contribution is -2.36. The molecule has 0 aromatic carbocycles. The van der Waals surface area contributed by atoms with Crippen LogP contribution in [0, 0.1) is 11.3 Å². The molecule has 12 heavy (non-hydrogen) atoms. The zero-order chi connectivity index (χ0) is 9.35. The van der Waals surface area contributed by atoms with Gasteiger partial charge in [0.2, 0.25) is 0 Å². The third kappa shape index (κ3) is 2.24. The summed E-state index contributed by atoms with van der Waals surface area (Å²) in [7, 11) is -0.266. The van der Waals surface area contributed by atoms with Crippen LogP contribution in [0.5, 0.6) is 0 Å². The van der Waals surface area contributed by atoms with Gasteiger partial charge in [0.15, 0.2) is 0 Å². The van der Waals surface area contributed by atoms with Crippen molar-refractivity contribution >= 4 is 7.05 Å². The van der Waals surface area contributed by atoms with Crippen LogP contribution in [-0.2, 0) is 0 Å². The predicted octanol–water partition coefficient (Wildman–Crippen LogP) is 1.46. The molecule has 0 radical (unpaired) electrons. The molecule has 1 rings (SSSR count). The van der Waals surface area contributed by atoms with Crippen LogP contribution >= 0.6 is 0 Å². The Kier molecular flexibility index (Phi) is 2.84. The first-order chi connectivity index (χ1) is 5.41. The van der Waals surface area contributed by atoms with E-state index in [1.165, 1.54) is 6.42 Å². The van der Waals surface area contributed by atoms with Gasteiger partial charge in [-0.15, -0.1) is 0 Å². The minimum absolute atomic E-state index is 0.266. The smallest absolute Gasteiger partial charge is 0.376 e. The van der Waals surface area contributed by atoms with Gasteiger partial charge in [-0.25, -0.2) is 0 Å². The van der Waals surface area contributed by atoms with Crippen molar-refractivity contribution in [1.82, 2.24) is 4.81 Å². The highest BCUT2D eigenvalue weighted by atomic mass is 16.2. The predicted molar refractivity (Wildman–Crippen MR) is 53.0 cm³/mol. The summed E-state index contributed by atoms with van der Waals surface area (Å²) >= 11 is 0. The van der Waals surface area contributed by atoms with E-state index in [0.29, 0.717) is 5.41 Å². The highest BCUT2D eigenvalue weighted by molar-refractivity contribution is 6.45. The van der Waals surface area contributed by atoms with Crippen molar-refractivity contribution in [2.75, 3.05) is 13.1 Å². The van der Waals surface area contributed by atoms with Gasteiger partial charge in [-0.1, -0.05) is 20.8 Å². The Balaban J connectivity index is 2.46. The van der Waals surface area contributed by atoms with Gasteiger partial charge in [-0.05, 0) is 37.7 Å². The first-order valence-corrected chi connectivity index (χ1v) is 4.83. The van der Waals surface area contributed by atoms with E-state index in [2.05, 4.69) is 25.6 Å². The van der Waals surface area contributed by atoms with Crippen LogP contribution in [0.15, 0.2) is 0 Å². The Bertz CT molecular complexity index is 153. The lowest BCUT2D eigenvalue weighted by molar-refractivity contribution is 0.248. The van der Waals surface area contributed by atoms with Gasteiger partial charge < -0.3 is 9.83 Å². The summed E-state index contributed by atoms with van der Waals surface area (Å²) in [6.45, 7) is 10.8. The molecule has 0 aromatic heterocycles. The van der Waals surface area contributed by atoms with Crippen LogP contribution in [0.4, 0.5) is 0 Å². The summed E-state index contributed by atoms with van der Waals surface area (Å²) in [4.78, 5) is 2.15. The molecule has 1 heterocycles. The largest absolute Gasteiger partial charge is 0.437 e. The summed E-state index contributed by atoms with van der Waals surface area (Å²) in [5.74, 6) is 0.743. The molecule has 0 bridgehead atoms. The molecule has 0 aliphatic carbocycles. The molecule has 1 aliphatic rings. The Hall–Kier alpha value is -0.0151. The van der Waals surface area contributed by atoms with E-state index in [-0.39, 0.29) is 7.05 Å². The minimum Gasteiger partial charge on any atom is -0.437 e. The van der Waals surface area contributed by atoms with E-state index in [4.69, 9.17) is 0 Å². The molecular formula is C9H20BNO. The van der Waals surface area contributed by atoms with Crippen molar-refractivity contribution in [3.8, 4) is 0 Å². The van der Waals surface area contributed by atoms with Crippen molar-refractivity contribution < 1.29 is 5.02 Å². The van der Waals surface area contributed by atoms with E-state index in [1.54, 1.807) is 0 Å². The number of rotatable bonds is 1. The third-order valence-corrected chi connectivity index (χ3v) is 2.97. The minimum atomic E-state index is -0.266. The highest BCUT2D eigenvalue weighted by Gasteiger charge is 2.33. The standard InChI is InChI=1S/C9H20BNO/c1-9(2,3)8-5-6-11(7-8)10(4)12/h8,12H,5-7H2,1-4H3. The molecule has 1 atom stereocenters. The first kappa shape index (κ1) is 10.1. The molecule has 0 amide bonds. The van der Waals surface area contributed by atoms with Crippen molar-refractivity contribution in [1.29, 1.82) is 0 Å². The molecule has 3 heteroatoms. The maximum atomic E-state index is 9.36. The second-order valence-electron chi connectivity index (χ2n) is 4.98. The van der Waals surface area contributed by atoms with E-state index in [0.717, 1.165) is 19.0 Å². The second-order valence-corrected chi connectivity index (χ2v) is 4.98. The zero-order valence-corrected chi connectivity index (χ0v) is 8.67. The van der Waals surface area contributed by atoms with Gasteiger partial charge >= 0.3 is 7.05 Å². The summed E-state index contributed by atoms with van der Waals surface area (Å²) in [5, 5.41) is 9.36. The average molecular weight is 169 g/mol. The fraction of sp³-hybridized carbons (Fsp3) is 1.00. The van der Waals surface area contributed by atoms with Gasteiger partial charge in [0.05, 0.1) is 0 Å². The van der Waals surface area contributed by atoms with Crippen LogP contribution < -0.4 is 0 Å². The van der Waals surface area contributed by atoms with E-state index in [9.17, 15) is 5.02 Å². The number of nitrogens with zero attached hydrogens (tertiary/aromatic N) is 1. The van der Waals surface area contributed by atoms with Gasteiger partial charge in [0.1, 0.15) is 0 Å². The first-order valence-electron chi connectivity index (χ1n) is 4.83. The monoisotopic (exact) mass is 169 g/mol. The van der Waals surface area contributed by atoms with Crippen LogP contribution in [0.2, 0.25) is 6.82 Å². The fourth-order valence-corrected chi connectivity index (χ4v) is 1.83. The Morgan fingerprint density at radius 2 is 2.00 bits per heavy atom. The molecular weight excluding hydrogens is 149 g/mol. The lowest BCUT2D eigenvalue weighted by atomic mass is 9.79. The molecule has 70 valence electrons. The third-order valence-electron chi connectivity index (χ3n) is 2.97. The zero-order valence-electron chi connectivity index (χ0n) is 8.67. The summed E-state index contributed by atoms with van der Waals surface area (Å²) in [5.41, 5.74) is 0.392. The lowest BCUT2D eigenvalue weighted by Gasteiger charge is -2.27. The molecule has 1 N–H and O–H groups in total. The van der Waals surface area contributed by atoms with Gasteiger partial charge in [0, 0.05) is 0 Å². The van der Waals surface area contributed by atoms with Crippen LogP contribution in [0.25, 0.3) is 0 Å². The van der Waals surface area contributed by atoms with Gasteiger partial charge in [-0.2, -0.15) is 0 Å². The van der Waals surface area contributed by atoms with Crippen molar-refractivity contribution in [3.05, 3.63) is 0 Å². The average Bonchev–Trinajstić information content (AvgIpc) is 2.30. The number of hydrogen-bond acceptors (Lipinski definition) is 2. The normalized spacial score (nSPS) is 26.2. The van der Waals surface area contributed by atoms with Crippen LogP contribution in [0.3, 0.4) is 0 Å². The topological polar surface area (TPSA) is 23.5 Å². The molecule has 2 nitrogen and oxygen atoms in total. The van der Waals surface area contributed by atoms with E-state index >= 15 is 0 Å². The molecule has 0 spiro atoms. The van der Waals surface area contributed by atoms with Gasteiger partial charge in [0.25, 0.3) is 0 Å². The van der Waals surface area contributed by atoms with Crippen LogP contribution in [0.1, 0.15) is 27.2 Å². The Morgan fingerprint density at radius 3 is 2.25 bits per heavy atom. The maximum absolute atomic E-state index is 9.36. The van der Waals surface area contributed by atoms with E-state index in [1.807, 2.05) is 6.82 Å². The Morgan fingerprint density at radius 1 is 1.42 bits per heavy atom. The second kappa shape index (κ2) is 3.39. The van der Waals surface area contributed by atoms with Crippen molar-refractivity contribution in [2.45, 2.75) is 34.0 Å². The Labute approximate surface area is 76.1 Å². The maximum Gasteiger partial charge on any atom is 0.376 e.